The van der Waals surface area contributed by atoms with Crippen molar-refractivity contribution in [3.63, 3.8) is 0 Å². The van der Waals surface area contributed by atoms with Gasteiger partial charge in [0.25, 0.3) is 0 Å². The van der Waals surface area contributed by atoms with Crippen molar-refractivity contribution < 1.29 is 40.1 Å². The molecule has 168 valence electrons. The molecule has 0 spiro atoms. The molecule has 8 nitrogen and oxygen atoms in total. The summed E-state index contributed by atoms with van der Waals surface area (Å²) >= 11 is 0. The van der Waals surface area contributed by atoms with Gasteiger partial charge >= 0.3 is 0 Å². The maximum atomic E-state index is 10.3. The van der Waals surface area contributed by atoms with Crippen LogP contribution in [0.5, 0.6) is 11.5 Å². The van der Waals surface area contributed by atoms with E-state index < -0.39 is 37.3 Å². The molecule has 0 radical (unpaired) electrons. The van der Waals surface area contributed by atoms with Gasteiger partial charge in [0.1, 0.15) is 35.9 Å². The maximum Gasteiger partial charge on any atom is 0.229 e. The van der Waals surface area contributed by atoms with Gasteiger partial charge in [0.15, 0.2) is 0 Å². The van der Waals surface area contributed by atoms with Crippen molar-refractivity contribution in [3.8, 4) is 22.6 Å². The van der Waals surface area contributed by atoms with Crippen LogP contribution < -0.4 is 4.74 Å². The topological polar surface area (TPSA) is 140 Å². The van der Waals surface area contributed by atoms with Crippen LogP contribution in [-0.4, -0.2) is 68.0 Å². The van der Waals surface area contributed by atoms with E-state index in [1.807, 2.05) is 19.9 Å². The second kappa shape index (κ2) is 8.38. The molecule has 4 rings (SSSR count). The molecule has 8 heteroatoms. The summed E-state index contributed by atoms with van der Waals surface area (Å²) in [5.74, 6) is 0.623. The Balaban J connectivity index is 1.70. The fraction of sp³-hybridized carbons (Fsp3) is 0.478. The Morgan fingerprint density at radius 2 is 1.68 bits per heavy atom. The summed E-state index contributed by atoms with van der Waals surface area (Å²) in [5.41, 5.74) is 6.19. The van der Waals surface area contributed by atoms with Crippen LogP contribution in [0.15, 0.2) is 18.2 Å². The number of aromatic hydroxyl groups is 1. The number of phenolic OH excluding ortho intramolecular Hbond substituents is 1. The molecule has 1 fully saturated rings. The van der Waals surface area contributed by atoms with E-state index in [0.717, 1.165) is 33.4 Å². The van der Waals surface area contributed by atoms with Gasteiger partial charge in [-0.3, -0.25) is 0 Å². The molecule has 0 amide bonds. The smallest absolute Gasteiger partial charge is 0.229 e. The molecule has 2 aliphatic rings. The lowest BCUT2D eigenvalue weighted by molar-refractivity contribution is -0.277. The van der Waals surface area contributed by atoms with Gasteiger partial charge in [0.05, 0.1) is 13.2 Å². The molecule has 1 saturated heterocycles. The number of aliphatic hydroxyl groups excluding tert-OH is 5. The average Bonchev–Trinajstić information content (AvgIpc) is 2.77. The Labute approximate surface area is 179 Å². The molecule has 1 aliphatic heterocycles. The first-order chi connectivity index (χ1) is 14.8. The highest BCUT2D eigenvalue weighted by Gasteiger charge is 2.45. The Kier molecular flexibility index (Phi) is 5.95. The van der Waals surface area contributed by atoms with Gasteiger partial charge in [-0.2, -0.15) is 0 Å². The first-order valence-electron chi connectivity index (χ1n) is 10.3. The minimum atomic E-state index is -1.51. The number of hydrogen-bond donors (Lipinski definition) is 6. The van der Waals surface area contributed by atoms with Gasteiger partial charge in [0.2, 0.25) is 6.29 Å². The highest BCUT2D eigenvalue weighted by atomic mass is 16.7. The molecule has 0 bridgehead atoms. The maximum absolute atomic E-state index is 10.3. The van der Waals surface area contributed by atoms with Crippen molar-refractivity contribution >= 4 is 0 Å². The lowest BCUT2D eigenvalue weighted by Gasteiger charge is -2.40. The Morgan fingerprint density at radius 3 is 2.35 bits per heavy atom. The standard InChI is InChI=1S/C23H28O8/c1-10-14-4-3-13-11(2)17(6-5-15(13)19(14)12(8-24)7-16(10)26)30-23-22(29)21(28)20(27)18(9-25)31-23/h5-7,18,20-29H,3-4,8-9H2,1-2H3/t18-,20+,21+,22-,23-/m1/s1. The predicted molar refractivity (Wildman–Crippen MR) is 111 cm³/mol. The zero-order chi connectivity index (χ0) is 22.4. The van der Waals surface area contributed by atoms with E-state index in [1.165, 1.54) is 0 Å². The number of fused-ring (bicyclic) bond motifs is 3. The molecular weight excluding hydrogens is 404 g/mol. The van der Waals surface area contributed by atoms with Crippen molar-refractivity contribution in [2.24, 2.45) is 0 Å². The van der Waals surface area contributed by atoms with Gasteiger partial charge in [-0.25, -0.2) is 0 Å². The average molecular weight is 432 g/mol. The van der Waals surface area contributed by atoms with E-state index >= 15 is 0 Å². The highest BCUT2D eigenvalue weighted by Crippen LogP contribution is 2.44. The zero-order valence-corrected chi connectivity index (χ0v) is 17.4. The summed E-state index contributed by atoms with van der Waals surface area (Å²) in [6.07, 6.45) is -5.34. The summed E-state index contributed by atoms with van der Waals surface area (Å²) in [6, 6.07) is 5.19. The first kappa shape index (κ1) is 22.0. The summed E-state index contributed by atoms with van der Waals surface area (Å²) in [5, 5.41) is 59.7. The lowest BCUT2D eigenvalue weighted by Crippen LogP contribution is -2.60. The Morgan fingerprint density at radius 1 is 0.968 bits per heavy atom. The van der Waals surface area contributed by atoms with Crippen molar-refractivity contribution in [2.75, 3.05) is 6.61 Å². The molecule has 2 aromatic rings. The summed E-state index contributed by atoms with van der Waals surface area (Å²) in [6.45, 7) is 3.03. The minimum Gasteiger partial charge on any atom is -0.508 e. The summed E-state index contributed by atoms with van der Waals surface area (Å²) in [7, 11) is 0. The van der Waals surface area contributed by atoms with Gasteiger partial charge in [-0.05, 0) is 77.8 Å². The molecule has 0 aromatic heterocycles. The zero-order valence-electron chi connectivity index (χ0n) is 17.4. The quantitative estimate of drug-likeness (QED) is 0.409. The van der Waals surface area contributed by atoms with Crippen LogP contribution in [0.3, 0.4) is 0 Å². The number of ether oxygens (including phenoxy) is 2. The van der Waals surface area contributed by atoms with Crippen molar-refractivity contribution in [2.45, 2.75) is 64.0 Å². The molecule has 5 atom stereocenters. The van der Waals surface area contributed by atoms with Gasteiger partial charge in [0, 0.05) is 0 Å². The van der Waals surface area contributed by atoms with Gasteiger partial charge in [-0.1, -0.05) is 6.07 Å². The molecule has 2 aromatic carbocycles. The van der Waals surface area contributed by atoms with Crippen LogP contribution in [0.2, 0.25) is 0 Å². The Bertz CT molecular complexity index is 986. The van der Waals surface area contributed by atoms with Crippen LogP contribution in [0.1, 0.15) is 27.8 Å². The molecule has 1 aliphatic carbocycles. The predicted octanol–water partition coefficient (Wildman–Crippen LogP) is 0.446. The molecule has 6 N–H and O–H groups in total. The molecule has 0 saturated carbocycles. The third-order valence-corrected chi connectivity index (χ3v) is 6.48. The fourth-order valence-corrected chi connectivity index (χ4v) is 4.61. The number of phenols is 1. The van der Waals surface area contributed by atoms with E-state index in [2.05, 4.69) is 0 Å². The van der Waals surface area contributed by atoms with E-state index in [0.29, 0.717) is 24.2 Å². The van der Waals surface area contributed by atoms with Crippen LogP contribution >= 0.6 is 0 Å². The minimum absolute atomic E-state index is 0.172. The number of hydrogen-bond acceptors (Lipinski definition) is 8. The van der Waals surface area contributed by atoms with Crippen LogP contribution in [0.4, 0.5) is 0 Å². The van der Waals surface area contributed by atoms with Crippen molar-refractivity contribution in [1.82, 2.24) is 0 Å². The van der Waals surface area contributed by atoms with Crippen LogP contribution in [0, 0.1) is 13.8 Å². The third-order valence-electron chi connectivity index (χ3n) is 6.48. The molecule has 31 heavy (non-hydrogen) atoms. The SMILES string of the molecule is Cc1c(O[C@@H]2O[C@H](CO)[C@H](O)[C@H](O)[C@H]2O)ccc2c1CCc1c(C)c(O)cc(CO)c1-2. The third kappa shape index (κ3) is 3.59. The van der Waals surface area contributed by atoms with Crippen LogP contribution in [0.25, 0.3) is 11.1 Å². The fourth-order valence-electron chi connectivity index (χ4n) is 4.61. The largest absolute Gasteiger partial charge is 0.508 e. The Hall–Kier alpha value is -2.20. The lowest BCUT2D eigenvalue weighted by atomic mass is 9.79. The highest BCUT2D eigenvalue weighted by molar-refractivity contribution is 5.80. The second-order valence-electron chi connectivity index (χ2n) is 8.22. The monoisotopic (exact) mass is 432 g/mol. The van der Waals surface area contributed by atoms with Crippen molar-refractivity contribution in [1.29, 1.82) is 0 Å². The number of benzene rings is 2. The van der Waals surface area contributed by atoms with Crippen LogP contribution in [-0.2, 0) is 24.2 Å². The van der Waals surface area contributed by atoms with E-state index in [4.69, 9.17) is 9.47 Å². The van der Waals surface area contributed by atoms with E-state index in [9.17, 15) is 30.6 Å². The normalized spacial score (nSPS) is 27.5. The van der Waals surface area contributed by atoms with Gasteiger partial charge < -0.3 is 40.1 Å². The molecule has 0 unspecified atom stereocenters. The summed E-state index contributed by atoms with van der Waals surface area (Å²) in [4.78, 5) is 0. The molecule has 1 heterocycles. The summed E-state index contributed by atoms with van der Waals surface area (Å²) < 4.78 is 11.3. The van der Waals surface area contributed by atoms with Crippen molar-refractivity contribution in [3.05, 3.63) is 46.0 Å². The van der Waals surface area contributed by atoms with E-state index in [-0.39, 0.29) is 12.4 Å². The van der Waals surface area contributed by atoms with E-state index in [1.54, 1.807) is 12.1 Å². The molecular formula is C23H28O8. The number of rotatable bonds is 4. The second-order valence-corrected chi connectivity index (χ2v) is 8.22. The first-order valence-corrected chi connectivity index (χ1v) is 10.3. The van der Waals surface area contributed by atoms with Gasteiger partial charge in [-0.15, -0.1) is 0 Å². The number of aliphatic hydroxyl groups is 5.